The SMILES string of the molecule is CS(=O)(=O)n1ccc2cc[c]cc21. The summed E-state index contributed by atoms with van der Waals surface area (Å²) >= 11 is 0. The van der Waals surface area contributed by atoms with Crippen LogP contribution in [-0.4, -0.2) is 18.6 Å². The van der Waals surface area contributed by atoms with E-state index in [1.165, 1.54) is 10.2 Å². The molecule has 0 aliphatic rings. The molecule has 0 aliphatic carbocycles. The van der Waals surface area contributed by atoms with Crippen LogP contribution in [0.1, 0.15) is 0 Å². The van der Waals surface area contributed by atoms with Gasteiger partial charge in [0.05, 0.1) is 11.8 Å². The Morgan fingerprint density at radius 3 is 2.85 bits per heavy atom. The molecule has 3 nitrogen and oxygen atoms in total. The normalized spacial score (nSPS) is 12.1. The van der Waals surface area contributed by atoms with Crippen molar-refractivity contribution in [2.45, 2.75) is 0 Å². The zero-order chi connectivity index (χ0) is 9.47. The van der Waals surface area contributed by atoms with Gasteiger partial charge in [-0.15, -0.1) is 0 Å². The Hall–Kier alpha value is -1.29. The molecule has 0 atom stereocenters. The smallest absolute Gasteiger partial charge is 0.236 e. The molecule has 0 fully saturated rings. The molecule has 0 saturated heterocycles. The van der Waals surface area contributed by atoms with Gasteiger partial charge in [-0.25, -0.2) is 12.4 Å². The molecule has 67 valence electrons. The molecule has 0 unspecified atom stereocenters. The van der Waals surface area contributed by atoms with Gasteiger partial charge in [0, 0.05) is 11.6 Å². The van der Waals surface area contributed by atoms with E-state index in [0.717, 1.165) is 5.39 Å². The largest absolute Gasteiger partial charge is 0.245 e. The van der Waals surface area contributed by atoms with Crippen molar-refractivity contribution in [1.29, 1.82) is 0 Å². The van der Waals surface area contributed by atoms with Crippen LogP contribution in [0.25, 0.3) is 10.9 Å². The Bertz CT molecular complexity index is 539. The van der Waals surface area contributed by atoms with Crippen molar-refractivity contribution in [3.63, 3.8) is 0 Å². The molecule has 1 heterocycles. The van der Waals surface area contributed by atoms with E-state index in [9.17, 15) is 8.42 Å². The molecule has 13 heavy (non-hydrogen) atoms. The Labute approximate surface area is 76.7 Å². The Morgan fingerprint density at radius 1 is 1.38 bits per heavy atom. The minimum absolute atomic E-state index is 0.671. The maximum Gasteiger partial charge on any atom is 0.236 e. The fourth-order valence-corrected chi connectivity index (χ4v) is 2.08. The molecule has 0 bridgehead atoms. The molecule has 0 amide bonds. The van der Waals surface area contributed by atoms with Crippen LogP contribution < -0.4 is 0 Å². The van der Waals surface area contributed by atoms with E-state index in [4.69, 9.17) is 0 Å². The lowest BCUT2D eigenvalue weighted by atomic mass is 10.3. The van der Waals surface area contributed by atoms with Gasteiger partial charge in [-0.3, -0.25) is 0 Å². The highest BCUT2D eigenvalue weighted by atomic mass is 32.2. The van der Waals surface area contributed by atoms with Crippen molar-refractivity contribution in [3.8, 4) is 0 Å². The standard InChI is InChI=1S/C9H8NO2S/c1-13(11,12)10-7-6-8-4-2-3-5-9(8)10/h2,4-7H,1H3. The molecule has 1 aromatic carbocycles. The number of aromatic nitrogens is 1. The van der Waals surface area contributed by atoms with Crippen LogP contribution in [-0.2, 0) is 10.0 Å². The van der Waals surface area contributed by atoms with Crippen molar-refractivity contribution in [3.05, 3.63) is 36.5 Å². The summed E-state index contributed by atoms with van der Waals surface area (Å²) < 4.78 is 23.8. The van der Waals surface area contributed by atoms with Gasteiger partial charge >= 0.3 is 0 Å². The van der Waals surface area contributed by atoms with E-state index in [2.05, 4.69) is 6.07 Å². The van der Waals surface area contributed by atoms with Crippen LogP contribution in [0.5, 0.6) is 0 Å². The second kappa shape index (κ2) is 2.60. The predicted molar refractivity (Wildman–Crippen MR) is 51.0 cm³/mol. The first kappa shape index (κ1) is 8.31. The minimum Gasteiger partial charge on any atom is -0.245 e. The summed E-state index contributed by atoms with van der Waals surface area (Å²) in [4.78, 5) is 0. The molecule has 0 saturated carbocycles. The summed E-state index contributed by atoms with van der Waals surface area (Å²) in [5, 5.41) is 0.907. The zero-order valence-corrected chi connectivity index (χ0v) is 7.88. The van der Waals surface area contributed by atoms with Crippen LogP contribution in [0.3, 0.4) is 0 Å². The van der Waals surface area contributed by atoms with E-state index in [-0.39, 0.29) is 0 Å². The Kier molecular flexibility index (Phi) is 1.66. The predicted octanol–water partition coefficient (Wildman–Crippen LogP) is 1.25. The summed E-state index contributed by atoms with van der Waals surface area (Å²) in [6.45, 7) is 0. The third-order valence-electron chi connectivity index (χ3n) is 1.86. The van der Waals surface area contributed by atoms with Crippen LogP contribution >= 0.6 is 0 Å². The Balaban J connectivity index is 2.87. The van der Waals surface area contributed by atoms with Gasteiger partial charge in [0.15, 0.2) is 0 Å². The number of fused-ring (bicyclic) bond motifs is 1. The number of hydrogen-bond acceptors (Lipinski definition) is 2. The van der Waals surface area contributed by atoms with E-state index < -0.39 is 10.0 Å². The summed E-state index contributed by atoms with van der Waals surface area (Å²) in [6.07, 6.45) is 2.73. The third-order valence-corrected chi connectivity index (χ3v) is 2.89. The lowest BCUT2D eigenvalue weighted by Gasteiger charge is -2.00. The first-order chi connectivity index (χ1) is 6.09. The van der Waals surface area contributed by atoms with Gasteiger partial charge in [-0.2, -0.15) is 0 Å². The molecule has 0 spiro atoms. The van der Waals surface area contributed by atoms with E-state index in [1.54, 1.807) is 24.4 Å². The molecular weight excluding hydrogens is 186 g/mol. The van der Waals surface area contributed by atoms with Crippen molar-refractivity contribution in [2.75, 3.05) is 6.26 Å². The maximum atomic E-state index is 11.3. The zero-order valence-electron chi connectivity index (χ0n) is 7.06. The van der Waals surface area contributed by atoms with Gasteiger partial charge in [0.2, 0.25) is 10.0 Å². The molecular formula is C9H8NO2S. The fourth-order valence-electron chi connectivity index (χ4n) is 1.28. The van der Waals surface area contributed by atoms with Gasteiger partial charge < -0.3 is 0 Å². The number of hydrogen-bond donors (Lipinski definition) is 0. The molecule has 1 aromatic heterocycles. The number of rotatable bonds is 1. The molecule has 4 heteroatoms. The maximum absolute atomic E-state index is 11.3. The monoisotopic (exact) mass is 194 g/mol. The number of benzene rings is 1. The Morgan fingerprint density at radius 2 is 2.15 bits per heavy atom. The third kappa shape index (κ3) is 1.33. The van der Waals surface area contributed by atoms with Gasteiger partial charge in [-0.1, -0.05) is 12.1 Å². The molecule has 0 N–H and O–H groups in total. The topological polar surface area (TPSA) is 39.1 Å². The van der Waals surface area contributed by atoms with E-state index in [1.807, 2.05) is 6.07 Å². The quantitative estimate of drug-likeness (QED) is 0.685. The van der Waals surface area contributed by atoms with Gasteiger partial charge in [0.25, 0.3) is 0 Å². The highest BCUT2D eigenvalue weighted by Crippen LogP contribution is 2.15. The van der Waals surface area contributed by atoms with Crippen LogP contribution in [0.4, 0.5) is 0 Å². The van der Waals surface area contributed by atoms with E-state index >= 15 is 0 Å². The van der Waals surface area contributed by atoms with Crippen LogP contribution in [0.15, 0.2) is 30.5 Å². The summed E-state index contributed by atoms with van der Waals surface area (Å²) in [5.41, 5.74) is 0.671. The lowest BCUT2D eigenvalue weighted by molar-refractivity contribution is 0.595. The molecule has 0 aliphatic heterocycles. The molecule has 2 aromatic rings. The molecule has 2 rings (SSSR count). The van der Waals surface area contributed by atoms with Crippen molar-refractivity contribution >= 4 is 20.9 Å². The van der Waals surface area contributed by atoms with Crippen LogP contribution in [0, 0.1) is 6.07 Å². The van der Waals surface area contributed by atoms with Crippen LogP contribution in [0.2, 0.25) is 0 Å². The highest BCUT2D eigenvalue weighted by Gasteiger charge is 2.07. The van der Waals surface area contributed by atoms with Crippen molar-refractivity contribution < 1.29 is 8.42 Å². The van der Waals surface area contributed by atoms with Crippen molar-refractivity contribution in [1.82, 2.24) is 3.97 Å². The van der Waals surface area contributed by atoms with E-state index in [0.29, 0.717) is 5.52 Å². The molecule has 1 radical (unpaired) electrons. The minimum atomic E-state index is -3.19. The first-order valence-corrected chi connectivity index (χ1v) is 5.61. The lowest BCUT2D eigenvalue weighted by Crippen LogP contribution is -2.07. The van der Waals surface area contributed by atoms with Gasteiger partial charge in [0.1, 0.15) is 0 Å². The second-order valence-electron chi connectivity index (χ2n) is 2.86. The number of nitrogens with zero attached hydrogens (tertiary/aromatic N) is 1. The average Bonchev–Trinajstić information content (AvgIpc) is 2.45. The first-order valence-electron chi connectivity index (χ1n) is 3.77. The summed E-state index contributed by atoms with van der Waals surface area (Å²) in [5.74, 6) is 0. The second-order valence-corrected chi connectivity index (χ2v) is 4.72. The highest BCUT2D eigenvalue weighted by molar-refractivity contribution is 7.89. The van der Waals surface area contributed by atoms with Crippen molar-refractivity contribution in [2.24, 2.45) is 0 Å². The summed E-state index contributed by atoms with van der Waals surface area (Å²) in [6, 6.07) is 9.87. The summed E-state index contributed by atoms with van der Waals surface area (Å²) in [7, 11) is -3.19. The fraction of sp³-hybridized carbons (Fsp3) is 0.111. The van der Waals surface area contributed by atoms with Gasteiger partial charge in [-0.05, 0) is 18.2 Å². The average molecular weight is 194 g/mol.